The van der Waals surface area contributed by atoms with Crippen LogP contribution in [0.15, 0.2) is 83.3 Å². The Morgan fingerprint density at radius 1 is 0.911 bits per heavy atom. The van der Waals surface area contributed by atoms with Gasteiger partial charge in [-0.2, -0.15) is 0 Å². The summed E-state index contributed by atoms with van der Waals surface area (Å²) in [6.45, 7) is 14.8. The molecular formula is C40H48N2O3. The second-order valence-corrected chi connectivity index (χ2v) is 14.4. The van der Waals surface area contributed by atoms with Crippen molar-refractivity contribution in [1.29, 1.82) is 0 Å². The molecule has 6 rings (SSSR count). The van der Waals surface area contributed by atoms with Crippen molar-refractivity contribution in [2.24, 2.45) is 0 Å². The van der Waals surface area contributed by atoms with E-state index in [4.69, 9.17) is 9.15 Å². The smallest absolute Gasteiger partial charge is 0.290 e. The maximum atomic E-state index is 14.3. The predicted octanol–water partition coefficient (Wildman–Crippen LogP) is 8.45. The van der Waals surface area contributed by atoms with Gasteiger partial charge in [0.2, 0.25) is 0 Å². The van der Waals surface area contributed by atoms with Crippen molar-refractivity contribution in [3.63, 3.8) is 0 Å². The molecular weight excluding hydrogens is 556 g/mol. The minimum Gasteiger partial charge on any atom is -0.496 e. The van der Waals surface area contributed by atoms with E-state index in [1.54, 1.807) is 7.11 Å². The molecule has 2 aliphatic rings. The third-order valence-corrected chi connectivity index (χ3v) is 10.3. The molecule has 1 saturated heterocycles. The molecule has 1 aromatic heterocycles. The van der Waals surface area contributed by atoms with Crippen LogP contribution in [0.25, 0.3) is 0 Å². The third kappa shape index (κ3) is 6.60. The molecule has 4 aromatic rings. The largest absolute Gasteiger partial charge is 0.496 e. The summed E-state index contributed by atoms with van der Waals surface area (Å²) >= 11 is 0. The highest BCUT2D eigenvalue weighted by atomic mass is 16.5. The summed E-state index contributed by atoms with van der Waals surface area (Å²) in [6, 6.07) is 27.3. The third-order valence-electron chi connectivity index (χ3n) is 10.3. The molecule has 1 aliphatic carbocycles. The van der Waals surface area contributed by atoms with Crippen LogP contribution in [-0.2, 0) is 30.3 Å². The Hall–Kier alpha value is -3.83. The fourth-order valence-corrected chi connectivity index (χ4v) is 7.31. The zero-order chi connectivity index (χ0) is 31.8. The van der Waals surface area contributed by atoms with Crippen LogP contribution < -0.4 is 4.74 Å². The molecule has 1 unspecified atom stereocenters. The van der Waals surface area contributed by atoms with Crippen molar-refractivity contribution >= 4 is 5.91 Å². The highest BCUT2D eigenvalue weighted by Gasteiger charge is 2.38. The van der Waals surface area contributed by atoms with E-state index in [0.29, 0.717) is 18.7 Å². The SMILES string of the molecule is COc1ccccc1CN(C(=O)c1ccc(Cc2cc3c(cc2C)C(C)(C)CCC3(C)C)o1)C1CCN(Cc2ccccc2)C1. The first-order chi connectivity index (χ1) is 21.5. The van der Waals surface area contributed by atoms with Crippen molar-refractivity contribution in [3.8, 4) is 5.75 Å². The summed E-state index contributed by atoms with van der Waals surface area (Å²) in [4.78, 5) is 18.7. The zero-order valence-corrected chi connectivity index (χ0v) is 27.9. The second kappa shape index (κ2) is 12.5. The van der Waals surface area contributed by atoms with Crippen LogP contribution in [0.4, 0.5) is 0 Å². The van der Waals surface area contributed by atoms with Crippen molar-refractivity contribution in [2.45, 2.75) is 90.3 Å². The van der Waals surface area contributed by atoms with Crippen LogP contribution in [-0.4, -0.2) is 41.9 Å². The number of methoxy groups -OCH3 is 1. The first-order valence-corrected chi connectivity index (χ1v) is 16.5. The Bertz CT molecular complexity index is 1650. The molecule has 1 atom stereocenters. The number of fused-ring (bicyclic) bond motifs is 1. The maximum absolute atomic E-state index is 14.3. The number of ether oxygens (including phenoxy) is 1. The van der Waals surface area contributed by atoms with Gasteiger partial charge >= 0.3 is 0 Å². The summed E-state index contributed by atoms with van der Waals surface area (Å²) in [6.07, 6.45) is 3.97. The van der Waals surface area contributed by atoms with Gasteiger partial charge < -0.3 is 14.1 Å². The standard InChI is InChI=1S/C40H48N2O3/c1-28-22-34-35(40(4,5)20-19-39(34,2)3)24-31(28)23-33-16-17-37(45-33)38(43)42(26-30-14-10-11-15-36(30)44-6)32-18-21-41(27-32)25-29-12-8-7-9-13-29/h7-17,22,24,32H,18-21,23,25-27H2,1-6H3. The normalized spacial score (nSPS) is 18.8. The van der Waals surface area contributed by atoms with Gasteiger partial charge in [0.1, 0.15) is 11.5 Å². The highest BCUT2D eigenvalue weighted by molar-refractivity contribution is 5.92. The number of para-hydroxylation sites is 1. The molecule has 0 spiro atoms. The van der Waals surface area contributed by atoms with Crippen molar-refractivity contribution < 1.29 is 13.9 Å². The van der Waals surface area contributed by atoms with Gasteiger partial charge in [0.05, 0.1) is 13.7 Å². The number of hydrogen-bond donors (Lipinski definition) is 0. The summed E-state index contributed by atoms with van der Waals surface area (Å²) in [7, 11) is 1.69. The quantitative estimate of drug-likeness (QED) is 0.192. The van der Waals surface area contributed by atoms with Gasteiger partial charge in [-0.25, -0.2) is 0 Å². The van der Waals surface area contributed by atoms with Crippen LogP contribution in [0.5, 0.6) is 5.75 Å². The van der Waals surface area contributed by atoms with Crippen LogP contribution in [0.1, 0.15) is 96.7 Å². The predicted molar refractivity (Wildman–Crippen MR) is 181 cm³/mol. The van der Waals surface area contributed by atoms with E-state index in [0.717, 1.165) is 43.1 Å². The minimum atomic E-state index is -0.0660. The Labute approximate surface area is 269 Å². The fourth-order valence-electron chi connectivity index (χ4n) is 7.31. The van der Waals surface area contributed by atoms with Crippen molar-refractivity contribution in [2.75, 3.05) is 20.2 Å². The van der Waals surface area contributed by atoms with E-state index < -0.39 is 0 Å². The fraction of sp³-hybridized carbons (Fsp3) is 0.425. The molecule has 5 nitrogen and oxygen atoms in total. The van der Waals surface area contributed by atoms with E-state index in [9.17, 15) is 4.79 Å². The van der Waals surface area contributed by atoms with Gasteiger partial charge in [-0.1, -0.05) is 88.4 Å². The number of carbonyl (C=O) groups is 1. The van der Waals surface area contributed by atoms with Gasteiger partial charge in [-0.05, 0) is 83.0 Å². The van der Waals surface area contributed by atoms with E-state index in [-0.39, 0.29) is 22.8 Å². The zero-order valence-electron chi connectivity index (χ0n) is 27.9. The Morgan fingerprint density at radius 3 is 2.33 bits per heavy atom. The van der Waals surface area contributed by atoms with Crippen LogP contribution in [0, 0.1) is 6.92 Å². The van der Waals surface area contributed by atoms with Crippen LogP contribution in [0.2, 0.25) is 0 Å². The maximum Gasteiger partial charge on any atom is 0.290 e. The Morgan fingerprint density at radius 2 is 1.60 bits per heavy atom. The van der Waals surface area contributed by atoms with Gasteiger partial charge in [-0.3, -0.25) is 9.69 Å². The van der Waals surface area contributed by atoms with E-state index in [1.165, 1.54) is 40.7 Å². The molecule has 1 amide bonds. The summed E-state index contributed by atoms with van der Waals surface area (Å²) in [5, 5.41) is 0. The van der Waals surface area contributed by atoms with Gasteiger partial charge in [0.25, 0.3) is 5.91 Å². The number of carbonyl (C=O) groups excluding carboxylic acids is 1. The number of rotatable bonds is 9. The molecule has 0 saturated carbocycles. The number of likely N-dealkylation sites (tertiary alicyclic amines) is 1. The highest BCUT2D eigenvalue weighted by Crippen LogP contribution is 2.46. The molecule has 1 aliphatic heterocycles. The van der Waals surface area contributed by atoms with Crippen LogP contribution in [0.3, 0.4) is 0 Å². The molecule has 0 N–H and O–H groups in total. The second-order valence-electron chi connectivity index (χ2n) is 14.4. The lowest BCUT2D eigenvalue weighted by Gasteiger charge is -2.42. The Kier molecular flexibility index (Phi) is 8.67. The van der Waals surface area contributed by atoms with Gasteiger partial charge in [0.15, 0.2) is 5.76 Å². The molecule has 5 heteroatoms. The average molecular weight is 605 g/mol. The molecule has 0 radical (unpaired) electrons. The average Bonchev–Trinajstić information content (AvgIpc) is 3.69. The minimum absolute atomic E-state index is 0.0660. The summed E-state index contributed by atoms with van der Waals surface area (Å²) < 4.78 is 12.0. The van der Waals surface area contributed by atoms with E-state index >= 15 is 0 Å². The summed E-state index contributed by atoms with van der Waals surface area (Å²) in [5.74, 6) is 1.95. The lowest BCUT2D eigenvalue weighted by Crippen LogP contribution is -2.41. The van der Waals surface area contributed by atoms with Crippen molar-refractivity contribution in [3.05, 3.63) is 124 Å². The topological polar surface area (TPSA) is 45.9 Å². The first kappa shape index (κ1) is 31.2. The molecule has 0 bridgehead atoms. The number of amides is 1. The molecule has 236 valence electrons. The number of aryl methyl sites for hydroxylation is 1. The molecule has 1 fully saturated rings. The lowest BCUT2D eigenvalue weighted by molar-refractivity contribution is 0.0628. The van der Waals surface area contributed by atoms with Crippen molar-refractivity contribution in [1.82, 2.24) is 9.80 Å². The first-order valence-electron chi connectivity index (χ1n) is 16.5. The van der Waals surface area contributed by atoms with E-state index in [1.807, 2.05) is 41.3 Å². The number of hydrogen-bond acceptors (Lipinski definition) is 4. The van der Waals surface area contributed by atoms with Gasteiger partial charge in [-0.15, -0.1) is 0 Å². The summed E-state index contributed by atoms with van der Waals surface area (Å²) in [5.41, 5.74) is 8.09. The molecule has 3 aromatic carbocycles. The van der Waals surface area contributed by atoms with E-state index in [2.05, 4.69) is 82.0 Å². The number of benzene rings is 3. The van der Waals surface area contributed by atoms with Crippen LogP contribution >= 0.6 is 0 Å². The number of furan rings is 1. The molecule has 2 heterocycles. The Balaban J connectivity index is 1.24. The van der Waals surface area contributed by atoms with Gasteiger partial charge in [0, 0.05) is 37.7 Å². The lowest BCUT2D eigenvalue weighted by atomic mass is 9.62. The number of nitrogens with zero attached hydrogens (tertiary/aromatic N) is 2. The monoisotopic (exact) mass is 604 g/mol. The molecule has 45 heavy (non-hydrogen) atoms.